The van der Waals surface area contributed by atoms with Gasteiger partial charge in [-0.3, -0.25) is 0 Å². The average molecular weight is 303 g/mol. The van der Waals surface area contributed by atoms with Crippen LogP contribution in [-0.2, 0) is 6.42 Å². The summed E-state index contributed by atoms with van der Waals surface area (Å²) < 4.78 is 6.28. The van der Waals surface area contributed by atoms with Crippen LogP contribution in [-0.4, -0.2) is 10.7 Å². The highest BCUT2D eigenvalue weighted by Gasteiger charge is 2.39. The van der Waals surface area contributed by atoms with Crippen molar-refractivity contribution in [3.63, 3.8) is 0 Å². The highest BCUT2D eigenvalue weighted by molar-refractivity contribution is 6.30. The molecule has 2 nitrogen and oxygen atoms in total. The van der Waals surface area contributed by atoms with Gasteiger partial charge < -0.3 is 9.84 Å². The fraction of sp³-hybridized carbons (Fsp3) is 0.333. The number of fused-ring (bicyclic) bond motifs is 1. The summed E-state index contributed by atoms with van der Waals surface area (Å²) in [6.45, 7) is 2.11. The van der Waals surface area contributed by atoms with E-state index in [1.807, 2.05) is 24.3 Å². The molecule has 0 spiro atoms. The highest BCUT2D eigenvalue weighted by Crippen LogP contribution is 2.43. The van der Waals surface area contributed by atoms with E-state index >= 15 is 0 Å². The molecule has 1 unspecified atom stereocenters. The third-order valence-corrected chi connectivity index (χ3v) is 4.47. The minimum absolute atomic E-state index is 0.360. The van der Waals surface area contributed by atoms with E-state index in [2.05, 4.69) is 19.1 Å². The van der Waals surface area contributed by atoms with Gasteiger partial charge in [0.25, 0.3) is 0 Å². The maximum atomic E-state index is 10.5. The quantitative estimate of drug-likeness (QED) is 0.901. The van der Waals surface area contributed by atoms with Gasteiger partial charge in [-0.2, -0.15) is 0 Å². The number of hydrogen-bond donors (Lipinski definition) is 1. The second-order valence-corrected chi connectivity index (χ2v) is 6.14. The van der Waals surface area contributed by atoms with Crippen molar-refractivity contribution in [1.82, 2.24) is 0 Å². The number of aliphatic hydroxyl groups is 1. The van der Waals surface area contributed by atoms with Crippen molar-refractivity contribution in [2.45, 2.75) is 37.9 Å². The van der Waals surface area contributed by atoms with E-state index in [9.17, 15) is 5.11 Å². The van der Waals surface area contributed by atoms with Crippen LogP contribution < -0.4 is 4.74 Å². The third-order valence-electron chi connectivity index (χ3n) is 4.24. The zero-order valence-electron chi connectivity index (χ0n) is 12.1. The fourth-order valence-electron chi connectivity index (χ4n) is 3.03. The van der Waals surface area contributed by atoms with Gasteiger partial charge in [0.15, 0.2) is 0 Å². The molecule has 3 heteroatoms. The topological polar surface area (TPSA) is 29.5 Å². The summed E-state index contributed by atoms with van der Waals surface area (Å²) in [4.78, 5) is 0. The molecule has 1 N–H and O–H groups in total. The SMILES string of the molecule is CCC1(Cc2ccccc2)C[C@H](O)c2cc(Cl)ccc2O1. The molecule has 1 heterocycles. The van der Waals surface area contributed by atoms with Crippen LogP contribution in [0.4, 0.5) is 0 Å². The first kappa shape index (κ1) is 14.4. The Morgan fingerprint density at radius 1 is 1.24 bits per heavy atom. The summed E-state index contributed by atoms with van der Waals surface area (Å²) in [6, 6.07) is 15.7. The van der Waals surface area contributed by atoms with Crippen molar-refractivity contribution in [2.24, 2.45) is 0 Å². The van der Waals surface area contributed by atoms with Gasteiger partial charge in [0, 0.05) is 23.4 Å². The zero-order chi connectivity index (χ0) is 14.9. The smallest absolute Gasteiger partial charge is 0.126 e. The number of ether oxygens (including phenoxy) is 1. The Balaban J connectivity index is 1.92. The molecule has 110 valence electrons. The average Bonchev–Trinajstić information content (AvgIpc) is 2.49. The summed E-state index contributed by atoms with van der Waals surface area (Å²) in [5.74, 6) is 0.746. The Hall–Kier alpha value is -1.51. The van der Waals surface area contributed by atoms with Crippen LogP contribution in [0.3, 0.4) is 0 Å². The van der Waals surface area contributed by atoms with E-state index in [1.54, 1.807) is 12.1 Å². The third kappa shape index (κ3) is 2.92. The Morgan fingerprint density at radius 3 is 2.71 bits per heavy atom. The van der Waals surface area contributed by atoms with Gasteiger partial charge in [0.1, 0.15) is 11.4 Å². The molecule has 2 aromatic carbocycles. The first-order valence-corrected chi connectivity index (χ1v) is 7.70. The largest absolute Gasteiger partial charge is 0.486 e. The number of halogens is 1. The normalized spacial score (nSPS) is 24.2. The van der Waals surface area contributed by atoms with Crippen molar-refractivity contribution >= 4 is 11.6 Å². The number of benzene rings is 2. The molecule has 2 atom stereocenters. The van der Waals surface area contributed by atoms with E-state index in [4.69, 9.17) is 16.3 Å². The second kappa shape index (κ2) is 5.70. The first-order chi connectivity index (χ1) is 10.1. The van der Waals surface area contributed by atoms with Crippen molar-refractivity contribution in [1.29, 1.82) is 0 Å². The lowest BCUT2D eigenvalue weighted by atomic mass is 9.82. The minimum atomic E-state index is -0.531. The van der Waals surface area contributed by atoms with Gasteiger partial charge in [-0.05, 0) is 30.2 Å². The number of aliphatic hydroxyl groups excluding tert-OH is 1. The van der Waals surface area contributed by atoms with Gasteiger partial charge in [-0.1, -0.05) is 48.9 Å². The van der Waals surface area contributed by atoms with Crippen LogP contribution in [0, 0.1) is 0 Å². The fourth-order valence-corrected chi connectivity index (χ4v) is 3.21. The Labute approximate surface area is 130 Å². The Bertz CT molecular complexity index is 626. The van der Waals surface area contributed by atoms with Gasteiger partial charge in [-0.15, -0.1) is 0 Å². The van der Waals surface area contributed by atoms with E-state index in [0.717, 1.165) is 24.2 Å². The molecule has 21 heavy (non-hydrogen) atoms. The van der Waals surface area contributed by atoms with E-state index in [0.29, 0.717) is 11.4 Å². The summed E-state index contributed by atoms with van der Waals surface area (Å²) in [5, 5.41) is 11.1. The van der Waals surface area contributed by atoms with Gasteiger partial charge in [-0.25, -0.2) is 0 Å². The van der Waals surface area contributed by atoms with Gasteiger partial charge >= 0.3 is 0 Å². The van der Waals surface area contributed by atoms with Crippen molar-refractivity contribution in [3.8, 4) is 5.75 Å². The van der Waals surface area contributed by atoms with Crippen LogP contribution >= 0.6 is 11.6 Å². The maximum absolute atomic E-state index is 10.5. The minimum Gasteiger partial charge on any atom is -0.486 e. The molecule has 0 radical (unpaired) electrons. The monoisotopic (exact) mass is 302 g/mol. The van der Waals surface area contributed by atoms with Crippen LogP contribution in [0.25, 0.3) is 0 Å². The number of rotatable bonds is 3. The van der Waals surface area contributed by atoms with E-state index in [1.165, 1.54) is 5.56 Å². The predicted octanol–water partition coefficient (Wildman–Crippen LogP) is 4.55. The summed E-state index contributed by atoms with van der Waals surface area (Å²) >= 11 is 6.01. The van der Waals surface area contributed by atoms with Gasteiger partial charge in [0.2, 0.25) is 0 Å². The summed E-state index contributed by atoms with van der Waals surface area (Å²) in [5.41, 5.74) is 1.66. The zero-order valence-corrected chi connectivity index (χ0v) is 12.8. The molecule has 3 rings (SSSR count). The molecule has 0 aromatic heterocycles. The second-order valence-electron chi connectivity index (χ2n) is 5.70. The van der Waals surface area contributed by atoms with E-state index in [-0.39, 0.29) is 5.60 Å². The van der Waals surface area contributed by atoms with E-state index < -0.39 is 6.10 Å². The maximum Gasteiger partial charge on any atom is 0.126 e. The highest BCUT2D eigenvalue weighted by atomic mass is 35.5. The van der Waals surface area contributed by atoms with Crippen LogP contribution in [0.1, 0.15) is 37.0 Å². The molecule has 2 aromatic rings. The summed E-state index contributed by atoms with van der Waals surface area (Å²) in [6.07, 6.45) is 1.70. The van der Waals surface area contributed by atoms with Gasteiger partial charge in [0.05, 0.1) is 6.10 Å². The van der Waals surface area contributed by atoms with Crippen LogP contribution in [0.5, 0.6) is 5.75 Å². The molecule has 0 saturated heterocycles. The Kier molecular flexibility index (Phi) is 3.92. The lowest BCUT2D eigenvalue weighted by molar-refractivity contribution is -0.0167. The molecule has 0 aliphatic carbocycles. The lowest BCUT2D eigenvalue weighted by Gasteiger charge is -2.40. The van der Waals surface area contributed by atoms with Crippen molar-refractivity contribution in [3.05, 3.63) is 64.7 Å². The van der Waals surface area contributed by atoms with Crippen LogP contribution in [0.15, 0.2) is 48.5 Å². The molecular formula is C18H19ClO2. The molecule has 0 amide bonds. The molecule has 1 aliphatic rings. The van der Waals surface area contributed by atoms with Crippen LogP contribution in [0.2, 0.25) is 5.02 Å². The molecular weight excluding hydrogens is 284 g/mol. The summed E-state index contributed by atoms with van der Waals surface area (Å²) in [7, 11) is 0. The number of hydrogen-bond acceptors (Lipinski definition) is 2. The first-order valence-electron chi connectivity index (χ1n) is 7.32. The van der Waals surface area contributed by atoms with Crippen molar-refractivity contribution in [2.75, 3.05) is 0 Å². The molecule has 0 saturated carbocycles. The molecule has 0 fully saturated rings. The van der Waals surface area contributed by atoms with Crippen molar-refractivity contribution < 1.29 is 9.84 Å². The Morgan fingerprint density at radius 2 is 2.00 bits per heavy atom. The predicted molar refractivity (Wildman–Crippen MR) is 84.8 cm³/mol. The molecule has 1 aliphatic heterocycles. The lowest BCUT2D eigenvalue weighted by Crippen LogP contribution is -2.42. The molecule has 0 bridgehead atoms. The standard InChI is InChI=1S/C18H19ClO2/c1-2-18(11-13-6-4-3-5-7-13)12-16(20)15-10-14(19)8-9-17(15)21-18/h3-10,16,20H,2,11-12H2,1H3/t16-,18?/m0/s1.